The van der Waals surface area contributed by atoms with Gasteiger partial charge < -0.3 is 5.11 Å². The Morgan fingerprint density at radius 2 is 2.19 bits per heavy atom. The van der Waals surface area contributed by atoms with Crippen LogP contribution in [-0.2, 0) is 4.79 Å². The van der Waals surface area contributed by atoms with Crippen molar-refractivity contribution in [3.63, 3.8) is 0 Å². The van der Waals surface area contributed by atoms with Crippen LogP contribution in [0.4, 0.5) is 0 Å². The van der Waals surface area contributed by atoms with Crippen molar-refractivity contribution in [2.45, 2.75) is 24.3 Å². The molecule has 0 aliphatic carbocycles. The van der Waals surface area contributed by atoms with Gasteiger partial charge in [0.15, 0.2) is 0 Å². The van der Waals surface area contributed by atoms with E-state index >= 15 is 0 Å². The van der Waals surface area contributed by atoms with Crippen LogP contribution < -0.4 is 5.32 Å². The minimum absolute atomic E-state index is 0.198. The van der Waals surface area contributed by atoms with Crippen molar-refractivity contribution in [1.82, 2.24) is 5.32 Å². The van der Waals surface area contributed by atoms with E-state index in [4.69, 9.17) is 5.11 Å². The first-order chi connectivity index (χ1) is 7.68. The lowest BCUT2D eigenvalue weighted by Gasteiger charge is -2.19. The number of carbonyl (C=O) groups is 1. The highest BCUT2D eigenvalue weighted by Gasteiger charge is 2.32. The molecule has 3 atom stereocenters. The summed E-state index contributed by atoms with van der Waals surface area (Å²) in [4.78, 5) is 10.8. The van der Waals surface area contributed by atoms with E-state index in [0.29, 0.717) is 11.7 Å². The van der Waals surface area contributed by atoms with Crippen LogP contribution in [-0.4, -0.2) is 28.2 Å². The predicted molar refractivity (Wildman–Crippen MR) is 65.7 cm³/mol. The Kier molecular flexibility index (Phi) is 3.51. The van der Waals surface area contributed by atoms with Gasteiger partial charge in [-0.05, 0) is 5.56 Å². The van der Waals surface area contributed by atoms with Gasteiger partial charge in [-0.25, -0.2) is 0 Å². The summed E-state index contributed by atoms with van der Waals surface area (Å²) in [6.07, 6.45) is 0. The summed E-state index contributed by atoms with van der Waals surface area (Å²) >= 11 is 1.69. The molecule has 2 N–H and O–H groups in total. The van der Waals surface area contributed by atoms with Crippen molar-refractivity contribution in [2.75, 3.05) is 5.75 Å². The fourth-order valence-corrected chi connectivity index (χ4v) is 3.20. The Morgan fingerprint density at radius 1 is 1.50 bits per heavy atom. The highest BCUT2D eigenvalue weighted by Crippen LogP contribution is 2.31. The zero-order chi connectivity index (χ0) is 11.5. The second kappa shape index (κ2) is 4.89. The number of benzene rings is 1. The molecule has 2 rings (SSSR count). The van der Waals surface area contributed by atoms with Crippen LogP contribution in [0.25, 0.3) is 0 Å². The lowest BCUT2D eigenvalue weighted by molar-refractivity contribution is -0.138. The van der Waals surface area contributed by atoms with Crippen molar-refractivity contribution >= 4 is 17.7 Å². The molecule has 1 aliphatic rings. The van der Waals surface area contributed by atoms with Gasteiger partial charge in [-0.15, -0.1) is 11.8 Å². The van der Waals surface area contributed by atoms with Crippen LogP contribution in [0.1, 0.15) is 18.4 Å². The Bertz CT molecular complexity index is 369. The number of aliphatic carboxylic acids is 1. The molecule has 16 heavy (non-hydrogen) atoms. The average molecular weight is 237 g/mol. The third kappa shape index (κ3) is 2.39. The van der Waals surface area contributed by atoms with Gasteiger partial charge in [0.25, 0.3) is 0 Å². The third-order valence-electron chi connectivity index (χ3n) is 2.89. The maximum absolute atomic E-state index is 10.8. The van der Waals surface area contributed by atoms with Crippen molar-refractivity contribution in [2.24, 2.45) is 0 Å². The van der Waals surface area contributed by atoms with Crippen molar-refractivity contribution in [3.8, 4) is 0 Å². The molecule has 4 heteroatoms. The van der Waals surface area contributed by atoms with Crippen LogP contribution in [0.5, 0.6) is 0 Å². The van der Waals surface area contributed by atoms with Crippen LogP contribution in [0.15, 0.2) is 30.3 Å². The van der Waals surface area contributed by atoms with Gasteiger partial charge in [-0.1, -0.05) is 37.3 Å². The summed E-state index contributed by atoms with van der Waals surface area (Å²) in [7, 11) is 0. The topological polar surface area (TPSA) is 49.3 Å². The second-order valence-electron chi connectivity index (χ2n) is 4.01. The maximum atomic E-state index is 10.8. The normalized spacial score (nSPS) is 26.6. The lowest BCUT2D eigenvalue weighted by atomic mass is 10.0. The Labute approximate surface area is 99.2 Å². The summed E-state index contributed by atoms with van der Waals surface area (Å²) in [5, 5.41) is 12.3. The van der Waals surface area contributed by atoms with E-state index in [-0.39, 0.29) is 5.37 Å². The van der Waals surface area contributed by atoms with Crippen LogP contribution in [0.3, 0.4) is 0 Å². The van der Waals surface area contributed by atoms with Crippen molar-refractivity contribution in [1.29, 1.82) is 0 Å². The minimum Gasteiger partial charge on any atom is -0.480 e. The largest absolute Gasteiger partial charge is 0.480 e. The van der Waals surface area contributed by atoms with Gasteiger partial charge in [0.05, 0.1) is 5.37 Å². The van der Waals surface area contributed by atoms with Crippen LogP contribution in [0, 0.1) is 0 Å². The monoisotopic (exact) mass is 237 g/mol. The highest BCUT2D eigenvalue weighted by atomic mass is 32.2. The molecular weight excluding hydrogens is 222 g/mol. The molecule has 1 heterocycles. The van der Waals surface area contributed by atoms with Gasteiger partial charge in [-0.3, -0.25) is 10.1 Å². The van der Waals surface area contributed by atoms with E-state index in [9.17, 15) is 4.79 Å². The molecule has 1 aliphatic heterocycles. The number of rotatable bonds is 3. The SMILES string of the molecule is CC(c1ccccc1)C1N[C@H](C(=O)O)CS1. The van der Waals surface area contributed by atoms with Gasteiger partial charge in [0.2, 0.25) is 0 Å². The Hall–Kier alpha value is -1.00. The van der Waals surface area contributed by atoms with Crippen molar-refractivity contribution in [3.05, 3.63) is 35.9 Å². The molecule has 0 saturated carbocycles. The Balaban J connectivity index is 2.02. The average Bonchev–Trinajstić information content (AvgIpc) is 2.78. The second-order valence-corrected chi connectivity index (χ2v) is 5.19. The molecule has 0 spiro atoms. The van der Waals surface area contributed by atoms with Gasteiger partial charge in [-0.2, -0.15) is 0 Å². The summed E-state index contributed by atoms with van der Waals surface area (Å²) in [5.74, 6) is 0.225. The number of hydrogen-bond acceptors (Lipinski definition) is 3. The first-order valence-corrected chi connectivity index (χ1v) is 6.39. The molecule has 0 amide bonds. The van der Waals surface area contributed by atoms with Crippen molar-refractivity contribution < 1.29 is 9.90 Å². The van der Waals surface area contributed by atoms with E-state index < -0.39 is 12.0 Å². The first kappa shape index (κ1) is 11.5. The molecule has 1 aromatic rings. The predicted octanol–water partition coefficient (Wildman–Crippen LogP) is 1.91. The number of nitrogens with one attached hydrogen (secondary N) is 1. The number of hydrogen-bond donors (Lipinski definition) is 2. The molecule has 1 aromatic carbocycles. The first-order valence-electron chi connectivity index (χ1n) is 5.34. The standard InChI is InChI=1S/C12H15NO2S/c1-8(9-5-3-2-4-6-9)11-13-10(7-16-11)12(14)15/h2-6,8,10-11,13H,7H2,1H3,(H,14,15)/t8?,10-,11?/m0/s1. The highest BCUT2D eigenvalue weighted by molar-refractivity contribution is 8.00. The fourth-order valence-electron chi connectivity index (χ4n) is 1.86. The Morgan fingerprint density at radius 3 is 2.75 bits per heavy atom. The number of thioether (sulfide) groups is 1. The van der Waals surface area contributed by atoms with Gasteiger partial charge in [0.1, 0.15) is 6.04 Å². The fraction of sp³-hybridized carbons (Fsp3) is 0.417. The summed E-state index contributed by atoms with van der Waals surface area (Å²) in [6, 6.07) is 9.79. The van der Waals surface area contributed by atoms with Gasteiger partial charge >= 0.3 is 5.97 Å². The van der Waals surface area contributed by atoms with E-state index in [2.05, 4.69) is 24.4 Å². The maximum Gasteiger partial charge on any atom is 0.321 e. The van der Waals surface area contributed by atoms with E-state index in [0.717, 1.165) is 0 Å². The molecule has 2 unspecified atom stereocenters. The smallest absolute Gasteiger partial charge is 0.321 e. The quantitative estimate of drug-likeness (QED) is 0.843. The molecule has 0 radical (unpaired) electrons. The summed E-state index contributed by atoms with van der Waals surface area (Å²) in [5.41, 5.74) is 1.25. The molecular formula is C12H15NO2S. The van der Waals surface area contributed by atoms with Gasteiger partial charge in [0, 0.05) is 11.7 Å². The lowest BCUT2D eigenvalue weighted by Crippen LogP contribution is -2.38. The molecule has 86 valence electrons. The zero-order valence-electron chi connectivity index (χ0n) is 9.09. The molecule has 1 saturated heterocycles. The van der Waals surface area contributed by atoms with Crippen LogP contribution >= 0.6 is 11.8 Å². The summed E-state index contributed by atoms with van der Waals surface area (Å²) < 4.78 is 0. The van der Waals surface area contributed by atoms with E-state index in [1.165, 1.54) is 5.56 Å². The van der Waals surface area contributed by atoms with E-state index in [1.54, 1.807) is 11.8 Å². The molecule has 0 bridgehead atoms. The molecule has 0 aromatic heterocycles. The molecule has 1 fully saturated rings. The zero-order valence-corrected chi connectivity index (χ0v) is 9.91. The van der Waals surface area contributed by atoms with E-state index in [1.807, 2.05) is 18.2 Å². The third-order valence-corrected chi connectivity index (χ3v) is 4.31. The molecule has 3 nitrogen and oxygen atoms in total. The number of carboxylic acid groups (broad SMARTS) is 1. The minimum atomic E-state index is -0.754. The number of carboxylic acids is 1. The van der Waals surface area contributed by atoms with Crippen LogP contribution in [0.2, 0.25) is 0 Å². The summed E-state index contributed by atoms with van der Waals surface area (Å²) in [6.45, 7) is 2.13.